The van der Waals surface area contributed by atoms with Gasteiger partial charge in [-0.05, 0) is 49.9 Å². The molecule has 0 bridgehead atoms. The number of amides is 3. The number of nitrogens with one attached hydrogen (secondary N) is 1. The maximum atomic E-state index is 13.3. The molecule has 1 aromatic carbocycles. The van der Waals surface area contributed by atoms with Crippen LogP contribution in [0.1, 0.15) is 49.8 Å². The zero-order chi connectivity index (χ0) is 29.9. The van der Waals surface area contributed by atoms with E-state index in [0.29, 0.717) is 42.8 Å². The van der Waals surface area contributed by atoms with Crippen LogP contribution in [0.15, 0.2) is 36.5 Å². The molecule has 0 radical (unpaired) electrons. The summed E-state index contributed by atoms with van der Waals surface area (Å²) in [6, 6.07) is 4.75. The Hall–Kier alpha value is -3.55. The number of hydrogen-bond acceptors (Lipinski definition) is 6. The van der Waals surface area contributed by atoms with Crippen LogP contribution >= 0.6 is 0 Å². The SMILES string of the molecule is CCCc1cc(C(O)(C(F)(F)F)C(F)(F)F)ccc1OCCCCN1C(=O)NC(C)(c2ccc(OC)nc2)C1=O. The predicted octanol–water partition coefficient (Wildman–Crippen LogP) is 4.98. The van der Waals surface area contributed by atoms with Crippen LogP contribution in [-0.4, -0.2) is 59.5 Å². The number of urea groups is 1. The van der Waals surface area contributed by atoms with Crippen molar-refractivity contribution in [1.29, 1.82) is 0 Å². The second-order valence-electron chi connectivity index (χ2n) is 9.44. The Morgan fingerprint density at radius 3 is 2.27 bits per heavy atom. The van der Waals surface area contributed by atoms with Gasteiger partial charge in [-0.3, -0.25) is 9.69 Å². The minimum atomic E-state index is -5.99. The maximum absolute atomic E-state index is 13.3. The predicted molar refractivity (Wildman–Crippen MR) is 130 cm³/mol. The highest BCUT2D eigenvalue weighted by Crippen LogP contribution is 2.50. The van der Waals surface area contributed by atoms with Crippen LogP contribution < -0.4 is 14.8 Å². The molecule has 40 heavy (non-hydrogen) atoms. The number of carbonyl (C=O) groups is 2. The van der Waals surface area contributed by atoms with E-state index in [2.05, 4.69) is 10.3 Å². The number of hydrogen-bond donors (Lipinski definition) is 2. The van der Waals surface area contributed by atoms with E-state index < -0.39 is 41.0 Å². The number of aliphatic hydroxyl groups is 1. The fourth-order valence-corrected chi connectivity index (χ4v) is 4.34. The summed E-state index contributed by atoms with van der Waals surface area (Å²) in [4.78, 5) is 30.6. The number of alkyl halides is 6. The van der Waals surface area contributed by atoms with E-state index in [1.807, 2.05) is 0 Å². The van der Waals surface area contributed by atoms with Gasteiger partial charge in [0.1, 0.15) is 11.3 Å². The number of halogens is 6. The molecule has 1 fully saturated rings. The van der Waals surface area contributed by atoms with Crippen molar-refractivity contribution in [3.8, 4) is 11.6 Å². The zero-order valence-corrected chi connectivity index (χ0v) is 21.9. The van der Waals surface area contributed by atoms with Gasteiger partial charge < -0.3 is 19.9 Å². The molecular weight excluding hydrogens is 548 g/mol. The molecule has 1 aromatic heterocycles. The highest BCUT2D eigenvalue weighted by Gasteiger charge is 2.71. The summed E-state index contributed by atoms with van der Waals surface area (Å²) in [5, 5.41) is 12.4. The van der Waals surface area contributed by atoms with Crippen molar-refractivity contribution < 1.29 is 50.5 Å². The first-order valence-electron chi connectivity index (χ1n) is 12.4. The lowest BCUT2D eigenvalue weighted by Gasteiger charge is -2.33. The van der Waals surface area contributed by atoms with Gasteiger partial charge in [0.25, 0.3) is 11.5 Å². The van der Waals surface area contributed by atoms with Gasteiger partial charge in [0, 0.05) is 29.9 Å². The van der Waals surface area contributed by atoms with E-state index in [-0.39, 0.29) is 30.9 Å². The van der Waals surface area contributed by atoms with Gasteiger partial charge in [0.2, 0.25) is 5.88 Å². The van der Waals surface area contributed by atoms with Crippen LogP contribution in [0.25, 0.3) is 0 Å². The van der Waals surface area contributed by atoms with Gasteiger partial charge in [-0.15, -0.1) is 0 Å². The lowest BCUT2D eigenvalue weighted by molar-refractivity contribution is -0.376. The molecule has 1 unspecified atom stereocenters. The summed E-state index contributed by atoms with van der Waals surface area (Å²) in [6.45, 7) is 3.31. The third-order valence-corrected chi connectivity index (χ3v) is 6.65. The lowest BCUT2D eigenvalue weighted by Crippen LogP contribution is -2.53. The second kappa shape index (κ2) is 11.5. The van der Waals surface area contributed by atoms with E-state index >= 15 is 0 Å². The van der Waals surface area contributed by atoms with Crippen molar-refractivity contribution in [3.05, 3.63) is 53.2 Å². The molecule has 0 spiro atoms. The zero-order valence-electron chi connectivity index (χ0n) is 21.9. The Morgan fingerprint density at radius 2 is 1.73 bits per heavy atom. The van der Waals surface area contributed by atoms with Crippen LogP contribution in [0.5, 0.6) is 11.6 Å². The maximum Gasteiger partial charge on any atom is 0.430 e. The summed E-state index contributed by atoms with van der Waals surface area (Å²) in [7, 11) is 1.44. The minimum absolute atomic E-state index is 0.0161. The fourth-order valence-electron chi connectivity index (χ4n) is 4.34. The van der Waals surface area contributed by atoms with E-state index in [1.54, 1.807) is 26.0 Å². The van der Waals surface area contributed by atoms with Crippen molar-refractivity contribution in [2.45, 2.75) is 63.0 Å². The molecule has 2 N–H and O–H groups in total. The number of nitrogens with zero attached hydrogens (tertiary/aromatic N) is 2. The molecule has 1 aliphatic rings. The van der Waals surface area contributed by atoms with Crippen molar-refractivity contribution in [3.63, 3.8) is 0 Å². The number of aryl methyl sites for hydroxylation is 1. The van der Waals surface area contributed by atoms with Gasteiger partial charge in [-0.2, -0.15) is 26.3 Å². The smallest absolute Gasteiger partial charge is 0.430 e. The van der Waals surface area contributed by atoms with Crippen LogP contribution in [0, 0.1) is 0 Å². The molecule has 1 atom stereocenters. The van der Waals surface area contributed by atoms with E-state index in [9.17, 15) is 41.0 Å². The fraction of sp³-hybridized carbons (Fsp3) is 0.500. The van der Waals surface area contributed by atoms with Crippen molar-refractivity contribution in [2.24, 2.45) is 0 Å². The number of rotatable bonds is 11. The van der Waals surface area contributed by atoms with Gasteiger partial charge in [0.05, 0.1) is 13.7 Å². The molecule has 3 rings (SSSR count). The molecule has 3 amide bonds. The highest BCUT2D eigenvalue weighted by atomic mass is 19.4. The van der Waals surface area contributed by atoms with Crippen LogP contribution in [0.3, 0.4) is 0 Å². The number of pyridine rings is 1. The molecular formula is C26H29F6N3O5. The largest absolute Gasteiger partial charge is 0.493 e. The van der Waals surface area contributed by atoms with Gasteiger partial charge in [-0.1, -0.05) is 19.4 Å². The Morgan fingerprint density at radius 1 is 1.05 bits per heavy atom. The number of benzene rings is 1. The molecule has 2 heterocycles. The average molecular weight is 578 g/mol. The van der Waals surface area contributed by atoms with Crippen LogP contribution in [0.4, 0.5) is 31.1 Å². The normalized spacial score (nSPS) is 18.2. The van der Waals surface area contributed by atoms with E-state index in [4.69, 9.17) is 9.47 Å². The molecule has 2 aromatic rings. The summed E-state index contributed by atoms with van der Waals surface area (Å²) < 4.78 is 90.3. The van der Waals surface area contributed by atoms with Crippen molar-refractivity contribution in [2.75, 3.05) is 20.3 Å². The summed E-state index contributed by atoms with van der Waals surface area (Å²) in [5.74, 6) is -0.0611. The second-order valence-corrected chi connectivity index (χ2v) is 9.44. The lowest BCUT2D eigenvalue weighted by atomic mass is 9.90. The molecule has 8 nitrogen and oxygen atoms in total. The number of methoxy groups -OCH3 is 1. The highest BCUT2D eigenvalue weighted by molar-refractivity contribution is 6.07. The Bertz CT molecular complexity index is 1200. The van der Waals surface area contributed by atoms with Crippen LogP contribution in [-0.2, 0) is 22.4 Å². The molecule has 1 aliphatic heterocycles. The number of unbranched alkanes of at least 4 members (excludes halogenated alkanes) is 1. The monoisotopic (exact) mass is 577 g/mol. The van der Waals surface area contributed by atoms with Gasteiger partial charge >= 0.3 is 18.4 Å². The first-order chi connectivity index (χ1) is 18.6. The average Bonchev–Trinajstić information content (AvgIpc) is 3.11. The van der Waals surface area contributed by atoms with Gasteiger partial charge in [0.15, 0.2) is 0 Å². The molecule has 14 heteroatoms. The summed E-state index contributed by atoms with van der Waals surface area (Å²) in [5.41, 5.74) is -7.16. The standard InChI is InChI=1S/C26H29F6N3O5/c1-4-7-16-14-17(24(38,25(27,28)29)26(30,31)32)8-10-19(16)40-13-6-5-12-35-21(36)23(2,34-22(35)37)18-9-11-20(39-3)33-15-18/h8-11,14-15,38H,4-7,12-13H2,1-3H3,(H,34,37). The molecule has 0 aliphatic carbocycles. The minimum Gasteiger partial charge on any atom is -0.493 e. The Kier molecular flexibility index (Phi) is 8.92. The van der Waals surface area contributed by atoms with Crippen LogP contribution in [0.2, 0.25) is 0 Å². The number of aromatic nitrogens is 1. The van der Waals surface area contributed by atoms with Gasteiger partial charge in [-0.25, -0.2) is 9.78 Å². The van der Waals surface area contributed by atoms with Crippen molar-refractivity contribution in [1.82, 2.24) is 15.2 Å². The van der Waals surface area contributed by atoms with E-state index in [1.165, 1.54) is 13.3 Å². The Balaban J connectivity index is 1.63. The topological polar surface area (TPSA) is 101 Å². The number of imide groups is 1. The number of carbonyl (C=O) groups excluding carboxylic acids is 2. The first-order valence-corrected chi connectivity index (χ1v) is 12.4. The van der Waals surface area contributed by atoms with Crippen molar-refractivity contribution >= 4 is 11.9 Å². The first kappa shape index (κ1) is 31.0. The third-order valence-electron chi connectivity index (χ3n) is 6.65. The Labute approximate surface area is 226 Å². The molecule has 1 saturated heterocycles. The quantitative estimate of drug-likeness (QED) is 0.222. The summed E-state index contributed by atoms with van der Waals surface area (Å²) >= 11 is 0. The molecule has 0 saturated carbocycles. The summed E-state index contributed by atoms with van der Waals surface area (Å²) in [6.07, 6.45) is -9.41. The molecule has 220 valence electrons. The third kappa shape index (κ3) is 5.81. The van der Waals surface area contributed by atoms with E-state index in [0.717, 1.165) is 11.0 Å². The number of ether oxygens (including phenoxy) is 2.